The van der Waals surface area contributed by atoms with Crippen LogP contribution in [0.2, 0.25) is 0 Å². The van der Waals surface area contributed by atoms with Gasteiger partial charge in [0.2, 0.25) is 5.91 Å². The maximum absolute atomic E-state index is 13.5. The van der Waals surface area contributed by atoms with Gasteiger partial charge in [0, 0.05) is 38.1 Å². The Bertz CT molecular complexity index is 786. The first-order valence-corrected chi connectivity index (χ1v) is 8.07. The molecular formula is C19H17F4N3O. The fraction of sp³-hybridized carbons (Fsp3) is 0.263. The standard InChI is InChI=1S/C19H17F4N3O/c20-14-3-12(4-15(21)7-14)9-19(11-25,18(27)26-2-1-24)10-13-5-16(22)8-17(23)6-13/h3-8H,1-2,9-10,24H2,(H,26,27). The van der Waals surface area contributed by atoms with Gasteiger partial charge >= 0.3 is 0 Å². The fourth-order valence-corrected chi connectivity index (χ4v) is 2.83. The van der Waals surface area contributed by atoms with Gasteiger partial charge in [0.25, 0.3) is 0 Å². The molecule has 0 fully saturated rings. The molecule has 0 saturated carbocycles. The van der Waals surface area contributed by atoms with Crippen molar-refractivity contribution < 1.29 is 22.4 Å². The lowest BCUT2D eigenvalue weighted by Gasteiger charge is -2.26. The molecule has 0 spiro atoms. The molecule has 8 heteroatoms. The number of hydrogen-bond donors (Lipinski definition) is 2. The topological polar surface area (TPSA) is 78.9 Å². The summed E-state index contributed by atoms with van der Waals surface area (Å²) >= 11 is 0. The molecule has 0 radical (unpaired) electrons. The van der Waals surface area contributed by atoms with E-state index in [-0.39, 0.29) is 37.1 Å². The number of nitriles is 1. The van der Waals surface area contributed by atoms with Crippen LogP contribution in [0, 0.1) is 40.0 Å². The maximum atomic E-state index is 13.5. The summed E-state index contributed by atoms with van der Waals surface area (Å²) in [6.45, 7) is 0.174. The first-order chi connectivity index (χ1) is 12.8. The number of nitrogens with two attached hydrogens (primary N) is 1. The van der Waals surface area contributed by atoms with Crippen LogP contribution >= 0.6 is 0 Å². The molecule has 2 rings (SSSR count). The Hall–Kier alpha value is -2.92. The Balaban J connectivity index is 2.45. The first kappa shape index (κ1) is 20.4. The molecule has 4 nitrogen and oxygen atoms in total. The summed E-state index contributed by atoms with van der Waals surface area (Å²) in [6, 6.07) is 7.17. The number of rotatable bonds is 7. The number of amides is 1. The van der Waals surface area contributed by atoms with Crippen LogP contribution in [0.15, 0.2) is 36.4 Å². The van der Waals surface area contributed by atoms with E-state index >= 15 is 0 Å². The molecule has 1 amide bonds. The van der Waals surface area contributed by atoms with Gasteiger partial charge in [-0.2, -0.15) is 5.26 Å². The molecule has 2 aromatic rings. The van der Waals surface area contributed by atoms with Gasteiger partial charge in [-0.15, -0.1) is 0 Å². The van der Waals surface area contributed by atoms with E-state index in [0.29, 0.717) is 12.1 Å². The lowest BCUT2D eigenvalue weighted by Crippen LogP contribution is -2.44. The highest BCUT2D eigenvalue weighted by atomic mass is 19.1. The van der Waals surface area contributed by atoms with Crippen LogP contribution in [0.1, 0.15) is 11.1 Å². The van der Waals surface area contributed by atoms with Crippen molar-refractivity contribution in [1.29, 1.82) is 5.26 Å². The maximum Gasteiger partial charge on any atom is 0.241 e. The minimum Gasteiger partial charge on any atom is -0.353 e. The molecule has 3 N–H and O–H groups in total. The Labute approximate surface area is 153 Å². The van der Waals surface area contributed by atoms with E-state index in [1.165, 1.54) is 0 Å². The van der Waals surface area contributed by atoms with Crippen LogP contribution in [-0.2, 0) is 17.6 Å². The van der Waals surface area contributed by atoms with Gasteiger partial charge in [-0.05, 0) is 35.4 Å². The van der Waals surface area contributed by atoms with Crippen molar-refractivity contribution in [2.24, 2.45) is 11.1 Å². The SMILES string of the molecule is N#CC(Cc1cc(F)cc(F)c1)(Cc1cc(F)cc(F)c1)C(=O)NCCN. The second-order valence-corrected chi connectivity index (χ2v) is 6.15. The molecule has 0 bridgehead atoms. The number of nitrogens with zero attached hydrogens (tertiary/aromatic N) is 1. The van der Waals surface area contributed by atoms with Gasteiger partial charge in [-0.3, -0.25) is 4.79 Å². The van der Waals surface area contributed by atoms with Crippen LogP contribution in [-0.4, -0.2) is 19.0 Å². The summed E-state index contributed by atoms with van der Waals surface area (Å²) < 4.78 is 54.0. The molecule has 142 valence electrons. The second-order valence-electron chi connectivity index (χ2n) is 6.15. The van der Waals surface area contributed by atoms with Crippen LogP contribution in [0.25, 0.3) is 0 Å². The molecule has 0 aliphatic rings. The van der Waals surface area contributed by atoms with Gasteiger partial charge in [-0.1, -0.05) is 0 Å². The number of benzene rings is 2. The van der Waals surface area contributed by atoms with Crippen molar-refractivity contribution >= 4 is 5.91 Å². The van der Waals surface area contributed by atoms with Crippen molar-refractivity contribution in [2.45, 2.75) is 12.8 Å². The molecule has 0 heterocycles. The van der Waals surface area contributed by atoms with E-state index in [4.69, 9.17) is 5.73 Å². The normalized spacial score (nSPS) is 11.1. The van der Waals surface area contributed by atoms with Crippen molar-refractivity contribution in [2.75, 3.05) is 13.1 Å². The highest BCUT2D eigenvalue weighted by molar-refractivity contribution is 5.86. The van der Waals surface area contributed by atoms with Crippen LogP contribution < -0.4 is 11.1 Å². The monoisotopic (exact) mass is 379 g/mol. The van der Waals surface area contributed by atoms with E-state index < -0.39 is 34.6 Å². The number of carbonyl (C=O) groups is 1. The minimum atomic E-state index is -1.84. The van der Waals surface area contributed by atoms with Gasteiger partial charge in [0.1, 0.15) is 28.7 Å². The Morgan fingerprint density at radius 2 is 1.33 bits per heavy atom. The molecule has 0 atom stereocenters. The van der Waals surface area contributed by atoms with E-state index in [0.717, 1.165) is 24.3 Å². The molecule has 0 aliphatic heterocycles. The number of carbonyl (C=O) groups excluding carboxylic acids is 1. The second kappa shape index (κ2) is 8.64. The molecule has 0 aromatic heterocycles. The molecule has 0 saturated heterocycles. The average molecular weight is 379 g/mol. The highest BCUT2D eigenvalue weighted by Crippen LogP contribution is 2.29. The number of nitrogens with one attached hydrogen (secondary N) is 1. The molecular weight excluding hydrogens is 362 g/mol. The average Bonchev–Trinajstić information content (AvgIpc) is 2.57. The summed E-state index contributed by atoms with van der Waals surface area (Å²) in [6.07, 6.45) is -0.709. The summed E-state index contributed by atoms with van der Waals surface area (Å²) in [5, 5.41) is 12.2. The van der Waals surface area contributed by atoms with Crippen molar-refractivity contribution in [3.05, 3.63) is 70.8 Å². The van der Waals surface area contributed by atoms with Crippen LogP contribution in [0.3, 0.4) is 0 Å². The summed E-state index contributed by atoms with van der Waals surface area (Å²) in [5.41, 5.74) is 3.64. The largest absolute Gasteiger partial charge is 0.353 e. The predicted molar refractivity (Wildman–Crippen MR) is 90.2 cm³/mol. The predicted octanol–water partition coefficient (Wildman–Crippen LogP) is 2.61. The van der Waals surface area contributed by atoms with Gasteiger partial charge < -0.3 is 11.1 Å². The van der Waals surface area contributed by atoms with E-state index in [9.17, 15) is 27.6 Å². The van der Waals surface area contributed by atoms with E-state index in [1.54, 1.807) is 0 Å². The summed E-state index contributed by atoms with van der Waals surface area (Å²) in [7, 11) is 0. The third kappa shape index (κ3) is 5.28. The number of hydrogen-bond acceptors (Lipinski definition) is 3. The lowest BCUT2D eigenvalue weighted by atomic mass is 9.76. The summed E-state index contributed by atoms with van der Waals surface area (Å²) in [5.74, 6) is -4.20. The van der Waals surface area contributed by atoms with Gasteiger partial charge in [0.15, 0.2) is 0 Å². The molecule has 0 unspecified atom stereocenters. The van der Waals surface area contributed by atoms with Crippen LogP contribution in [0.5, 0.6) is 0 Å². The first-order valence-electron chi connectivity index (χ1n) is 8.07. The zero-order chi connectivity index (χ0) is 20.0. The Morgan fingerprint density at radius 3 is 1.67 bits per heavy atom. The minimum absolute atomic E-state index is 0.0637. The smallest absolute Gasteiger partial charge is 0.241 e. The fourth-order valence-electron chi connectivity index (χ4n) is 2.83. The van der Waals surface area contributed by atoms with E-state index in [2.05, 4.69) is 5.32 Å². The van der Waals surface area contributed by atoms with Gasteiger partial charge in [-0.25, -0.2) is 17.6 Å². The molecule has 0 aliphatic carbocycles. The molecule has 27 heavy (non-hydrogen) atoms. The zero-order valence-corrected chi connectivity index (χ0v) is 14.2. The lowest BCUT2D eigenvalue weighted by molar-refractivity contribution is -0.128. The van der Waals surface area contributed by atoms with Crippen molar-refractivity contribution in [1.82, 2.24) is 5.32 Å². The third-order valence-electron chi connectivity index (χ3n) is 3.94. The number of halogens is 4. The highest BCUT2D eigenvalue weighted by Gasteiger charge is 2.39. The van der Waals surface area contributed by atoms with Crippen molar-refractivity contribution in [3.8, 4) is 6.07 Å². The van der Waals surface area contributed by atoms with E-state index in [1.807, 2.05) is 6.07 Å². The third-order valence-corrected chi connectivity index (χ3v) is 3.94. The quantitative estimate of drug-likeness (QED) is 0.726. The zero-order valence-electron chi connectivity index (χ0n) is 14.2. The Kier molecular flexibility index (Phi) is 6.53. The Morgan fingerprint density at radius 1 is 0.926 bits per heavy atom. The van der Waals surface area contributed by atoms with Crippen LogP contribution in [0.4, 0.5) is 17.6 Å². The summed E-state index contributed by atoms with van der Waals surface area (Å²) in [4.78, 5) is 12.6. The van der Waals surface area contributed by atoms with Gasteiger partial charge in [0.05, 0.1) is 6.07 Å². The van der Waals surface area contributed by atoms with Crippen molar-refractivity contribution in [3.63, 3.8) is 0 Å². The molecule has 2 aromatic carbocycles.